The Morgan fingerprint density at radius 3 is 2.71 bits per heavy atom. The van der Waals surface area contributed by atoms with Gasteiger partial charge in [-0.3, -0.25) is 4.79 Å². The highest BCUT2D eigenvalue weighted by Crippen LogP contribution is 2.48. The maximum atomic E-state index is 12.3. The van der Waals surface area contributed by atoms with Gasteiger partial charge >= 0.3 is 0 Å². The number of rotatable bonds is 7. The molecular weight excluding hydrogens is 308 g/mol. The molecule has 1 saturated carbocycles. The van der Waals surface area contributed by atoms with Crippen LogP contribution in [0.3, 0.4) is 0 Å². The van der Waals surface area contributed by atoms with E-state index >= 15 is 0 Å². The summed E-state index contributed by atoms with van der Waals surface area (Å²) in [6.45, 7) is 4.06. The molecule has 2 aromatic rings. The molecule has 1 amide bonds. The fourth-order valence-corrected chi connectivity index (χ4v) is 2.68. The first-order valence-electron chi connectivity index (χ1n) is 7.73. The van der Waals surface area contributed by atoms with E-state index in [2.05, 4.69) is 17.1 Å². The Morgan fingerprint density at radius 2 is 2.08 bits per heavy atom. The lowest BCUT2D eigenvalue weighted by atomic mass is 10.0. The van der Waals surface area contributed by atoms with Crippen molar-refractivity contribution in [3.8, 4) is 22.8 Å². The second-order valence-corrected chi connectivity index (χ2v) is 5.73. The fourth-order valence-electron chi connectivity index (χ4n) is 2.68. The number of amides is 1. The lowest BCUT2D eigenvalue weighted by molar-refractivity contribution is -0.123. The molecule has 1 aromatic heterocycles. The van der Waals surface area contributed by atoms with Gasteiger partial charge < -0.3 is 19.3 Å². The maximum absolute atomic E-state index is 12.3. The van der Waals surface area contributed by atoms with E-state index < -0.39 is 5.41 Å². The number of benzene rings is 1. The van der Waals surface area contributed by atoms with Crippen LogP contribution in [0.25, 0.3) is 11.3 Å². The summed E-state index contributed by atoms with van der Waals surface area (Å²) in [5, 5.41) is 6.96. The van der Waals surface area contributed by atoms with Crippen molar-refractivity contribution in [3.05, 3.63) is 42.6 Å². The Hall–Kier alpha value is -2.76. The Labute approximate surface area is 140 Å². The van der Waals surface area contributed by atoms with Gasteiger partial charge in [0, 0.05) is 18.2 Å². The molecule has 1 aromatic carbocycles. The van der Waals surface area contributed by atoms with Gasteiger partial charge in [-0.1, -0.05) is 11.2 Å². The average molecular weight is 328 g/mol. The summed E-state index contributed by atoms with van der Waals surface area (Å²) in [6, 6.07) is 7.31. The third-order valence-corrected chi connectivity index (χ3v) is 4.26. The number of nitrogens with one attached hydrogen (secondary N) is 1. The third kappa shape index (κ3) is 2.75. The smallest absolute Gasteiger partial charge is 0.232 e. The fraction of sp³-hybridized carbons (Fsp3) is 0.333. The summed E-state index contributed by atoms with van der Waals surface area (Å²) in [4.78, 5) is 12.3. The maximum Gasteiger partial charge on any atom is 0.232 e. The van der Waals surface area contributed by atoms with Crippen LogP contribution >= 0.6 is 0 Å². The minimum absolute atomic E-state index is 0.0328. The van der Waals surface area contributed by atoms with E-state index in [0.717, 1.165) is 18.4 Å². The normalized spacial score (nSPS) is 14.8. The van der Waals surface area contributed by atoms with Gasteiger partial charge in [-0.05, 0) is 31.0 Å². The summed E-state index contributed by atoms with van der Waals surface area (Å²) in [7, 11) is 3.17. The monoisotopic (exact) mass is 328 g/mol. The SMILES string of the molecule is C=CCNC(=O)C1(c2cc(-c3ccc(OC)c(OC)c3)on2)CC1. The van der Waals surface area contributed by atoms with Crippen molar-refractivity contribution >= 4 is 5.91 Å². The van der Waals surface area contributed by atoms with E-state index in [4.69, 9.17) is 14.0 Å². The Morgan fingerprint density at radius 1 is 1.33 bits per heavy atom. The molecule has 24 heavy (non-hydrogen) atoms. The van der Waals surface area contributed by atoms with Gasteiger partial charge in [-0.15, -0.1) is 6.58 Å². The predicted octanol–water partition coefficient (Wildman–Crippen LogP) is 2.69. The number of hydrogen-bond acceptors (Lipinski definition) is 5. The quantitative estimate of drug-likeness (QED) is 0.791. The summed E-state index contributed by atoms with van der Waals surface area (Å²) < 4.78 is 16.0. The summed E-state index contributed by atoms with van der Waals surface area (Å²) in [6.07, 6.45) is 3.20. The Kier molecular flexibility index (Phi) is 4.29. The molecular formula is C18H20N2O4. The molecule has 6 nitrogen and oxygen atoms in total. The second-order valence-electron chi connectivity index (χ2n) is 5.73. The lowest BCUT2D eigenvalue weighted by Crippen LogP contribution is -2.34. The molecule has 1 aliphatic carbocycles. The zero-order valence-corrected chi connectivity index (χ0v) is 13.8. The molecule has 0 aliphatic heterocycles. The van der Waals surface area contributed by atoms with E-state index in [1.807, 2.05) is 18.2 Å². The van der Waals surface area contributed by atoms with Crippen LogP contribution in [0.15, 0.2) is 41.4 Å². The molecule has 126 valence electrons. The van der Waals surface area contributed by atoms with Crippen LogP contribution in [0.2, 0.25) is 0 Å². The Balaban J connectivity index is 1.86. The summed E-state index contributed by atoms with van der Waals surface area (Å²) >= 11 is 0. The van der Waals surface area contributed by atoms with E-state index in [0.29, 0.717) is 29.5 Å². The van der Waals surface area contributed by atoms with Crippen molar-refractivity contribution in [2.24, 2.45) is 0 Å². The highest BCUT2D eigenvalue weighted by atomic mass is 16.5. The van der Waals surface area contributed by atoms with Gasteiger partial charge in [0.1, 0.15) is 0 Å². The molecule has 6 heteroatoms. The van der Waals surface area contributed by atoms with Crippen molar-refractivity contribution in [1.29, 1.82) is 0 Å². The van der Waals surface area contributed by atoms with Gasteiger partial charge in [0.2, 0.25) is 5.91 Å². The summed E-state index contributed by atoms with van der Waals surface area (Å²) in [5.41, 5.74) is 0.906. The van der Waals surface area contributed by atoms with Crippen LogP contribution in [-0.4, -0.2) is 31.8 Å². The van der Waals surface area contributed by atoms with Crippen molar-refractivity contribution in [2.45, 2.75) is 18.3 Å². The standard InChI is InChI=1S/C18H20N2O4/c1-4-9-19-17(21)18(7-8-18)16-11-14(24-20-16)12-5-6-13(22-2)15(10-12)23-3/h4-6,10-11H,1,7-9H2,2-3H3,(H,19,21). The molecule has 1 heterocycles. The van der Waals surface area contributed by atoms with Gasteiger partial charge in [-0.25, -0.2) is 0 Å². The lowest BCUT2D eigenvalue weighted by Gasteiger charge is -2.10. The van der Waals surface area contributed by atoms with Gasteiger partial charge in [0.05, 0.1) is 25.3 Å². The highest BCUT2D eigenvalue weighted by Gasteiger charge is 2.53. The highest BCUT2D eigenvalue weighted by molar-refractivity contribution is 5.91. The number of carbonyl (C=O) groups is 1. The number of hydrogen-bond donors (Lipinski definition) is 1. The molecule has 3 rings (SSSR count). The zero-order valence-electron chi connectivity index (χ0n) is 13.8. The molecule has 0 spiro atoms. The van der Waals surface area contributed by atoms with Crippen molar-refractivity contribution in [2.75, 3.05) is 20.8 Å². The first-order chi connectivity index (χ1) is 11.6. The van der Waals surface area contributed by atoms with Crippen LogP contribution in [0.5, 0.6) is 11.5 Å². The van der Waals surface area contributed by atoms with E-state index in [-0.39, 0.29) is 5.91 Å². The largest absolute Gasteiger partial charge is 0.493 e. The minimum atomic E-state index is -0.568. The Bertz CT molecular complexity index is 762. The zero-order chi connectivity index (χ0) is 17.2. The molecule has 0 saturated heterocycles. The topological polar surface area (TPSA) is 73.6 Å². The van der Waals surface area contributed by atoms with E-state index in [1.54, 1.807) is 26.4 Å². The molecule has 0 unspecified atom stereocenters. The van der Waals surface area contributed by atoms with Crippen LogP contribution in [0, 0.1) is 0 Å². The van der Waals surface area contributed by atoms with E-state index in [9.17, 15) is 4.79 Å². The molecule has 0 atom stereocenters. The van der Waals surface area contributed by atoms with Gasteiger partial charge in [0.25, 0.3) is 0 Å². The first-order valence-corrected chi connectivity index (χ1v) is 7.73. The first kappa shape index (κ1) is 16.1. The van der Waals surface area contributed by atoms with Crippen LogP contribution in [-0.2, 0) is 10.2 Å². The average Bonchev–Trinajstić information content (AvgIpc) is 3.29. The van der Waals surface area contributed by atoms with E-state index in [1.165, 1.54) is 0 Å². The molecule has 1 fully saturated rings. The van der Waals surface area contributed by atoms with Crippen molar-refractivity contribution < 1.29 is 18.8 Å². The molecule has 0 bridgehead atoms. The second kappa shape index (κ2) is 6.39. The van der Waals surface area contributed by atoms with Crippen LogP contribution < -0.4 is 14.8 Å². The van der Waals surface area contributed by atoms with Crippen LogP contribution in [0.1, 0.15) is 18.5 Å². The van der Waals surface area contributed by atoms with Crippen LogP contribution in [0.4, 0.5) is 0 Å². The third-order valence-electron chi connectivity index (χ3n) is 4.26. The van der Waals surface area contributed by atoms with Gasteiger partial charge in [-0.2, -0.15) is 0 Å². The van der Waals surface area contributed by atoms with Crippen molar-refractivity contribution in [1.82, 2.24) is 10.5 Å². The predicted molar refractivity (Wildman–Crippen MR) is 89.2 cm³/mol. The summed E-state index contributed by atoms with van der Waals surface area (Å²) in [5.74, 6) is 1.81. The number of carbonyl (C=O) groups excluding carboxylic acids is 1. The minimum Gasteiger partial charge on any atom is -0.493 e. The number of aromatic nitrogens is 1. The number of ether oxygens (including phenoxy) is 2. The molecule has 1 N–H and O–H groups in total. The number of methoxy groups -OCH3 is 2. The molecule has 1 aliphatic rings. The van der Waals surface area contributed by atoms with Gasteiger partial charge in [0.15, 0.2) is 17.3 Å². The number of nitrogens with zero attached hydrogens (tertiary/aromatic N) is 1. The van der Waals surface area contributed by atoms with Crippen molar-refractivity contribution in [3.63, 3.8) is 0 Å². The molecule has 0 radical (unpaired) electrons.